The number of thioether (sulfide) groups is 1. The molecule has 0 fully saturated rings. The molecule has 14 heavy (non-hydrogen) atoms. The van der Waals surface area contributed by atoms with Crippen LogP contribution >= 0.6 is 11.8 Å². The van der Waals surface area contributed by atoms with Gasteiger partial charge in [0, 0.05) is 18.8 Å². The number of imidazole rings is 1. The molecular formula is C11H14N2S. The number of pyridine rings is 1. The number of fused-ring (bicyclic) bond motifs is 1. The van der Waals surface area contributed by atoms with E-state index in [1.807, 2.05) is 11.8 Å². The van der Waals surface area contributed by atoms with E-state index in [9.17, 15) is 0 Å². The van der Waals surface area contributed by atoms with Crippen LogP contribution in [0.3, 0.4) is 0 Å². The first-order chi connectivity index (χ1) is 6.79. The summed E-state index contributed by atoms with van der Waals surface area (Å²) in [7, 11) is 0. The predicted octanol–water partition coefficient (Wildman–Crippen LogP) is 2.55. The summed E-state index contributed by atoms with van der Waals surface area (Å²) in [6, 6.07) is 4.22. The van der Waals surface area contributed by atoms with Crippen molar-refractivity contribution >= 4 is 17.4 Å². The van der Waals surface area contributed by atoms with Crippen molar-refractivity contribution in [1.82, 2.24) is 9.38 Å². The molecule has 0 aromatic carbocycles. The van der Waals surface area contributed by atoms with Crippen LogP contribution in [0.15, 0.2) is 24.5 Å². The highest BCUT2D eigenvalue weighted by atomic mass is 32.2. The van der Waals surface area contributed by atoms with Crippen LogP contribution < -0.4 is 0 Å². The molecule has 0 N–H and O–H groups in total. The van der Waals surface area contributed by atoms with E-state index in [0.717, 1.165) is 17.8 Å². The molecule has 2 rings (SSSR count). The third kappa shape index (κ3) is 1.93. The van der Waals surface area contributed by atoms with Crippen molar-refractivity contribution in [3.05, 3.63) is 35.8 Å². The van der Waals surface area contributed by atoms with Gasteiger partial charge in [-0.05, 0) is 36.6 Å². The smallest absolute Gasteiger partial charge is 0.137 e. The Morgan fingerprint density at radius 1 is 1.50 bits per heavy atom. The van der Waals surface area contributed by atoms with Gasteiger partial charge in [0.2, 0.25) is 0 Å². The average Bonchev–Trinajstić information content (AvgIpc) is 2.56. The van der Waals surface area contributed by atoms with Crippen LogP contribution in [0.1, 0.15) is 11.3 Å². The molecule has 0 spiro atoms. The van der Waals surface area contributed by atoms with Crippen molar-refractivity contribution < 1.29 is 0 Å². The lowest BCUT2D eigenvalue weighted by Crippen LogP contribution is -1.86. The lowest BCUT2D eigenvalue weighted by Gasteiger charge is -1.92. The highest BCUT2D eigenvalue weighted by Crippen LogP contribution is 2.09. The number of hydrogen-bond acceptors (Lipinski definition) is 2. The lowest BCUT2D eigenvalue weighted by molar-refractivity contribution is 1.08. The molecule has 0 aliphatic carbocycles. The number of hydrogen-bond donors (Lipinski definition) is 0. The van der Waals surface area contributed by atoms with E-state index in [-0.39, 0.29) is 0 Å². The Morgan fingerprint density at radius 2 is 2.36 bits per heavy atom. The van der Waals surface area contributed by atoms with Crippen molar-refractivity contribution in [3.63, 3.8) is 0 Å². The first kappa shape index (κ1) is 9.59. The molecule has 0 amide bonds. The van der Waals surface area contributed by atoms with Gasteiger partial charge in [0.25, 0.3) is 0 Å². The molecule has 0 aliphatic rings. The molecule has 2 nitrogen and oxygen atoms in total. The van der Waals surface area contributed by atoms with Gasteiger partial charge in [-0.1, -0.05) is 0 Å². The van der Waals surface area contributed by atoms with Crippen molar-refractivity contribution in [1.29, 1.82) is 0 Å². The first-order valence-corrected chi connectivity index (χ1v) is 6.12. The van der Waals surface area contributed by atoms with Gasteiger partial charge < -0.3 is 4.40 Å². The second-order valence-electron chi connectivity index (χ2n) is 3.44. The average molecular weight is 206 g/mol. The van der Waals surface area contributed by atoms with Crippen LogP contribution in [0, 0.1) is 6.92 Å². The normalized spacial score (nSPS) is 11.0. The summed E-state index contributed by atoms with van der Waals surface area (Å²) in [5, 5.41) is 0. The summed E-state index contributed by atoms with van der Waals surface area (Å²) in [4.78, 5) is 4.56. The monoisotopic (exact) mass is 206 g/mol. The molecular weight excluding hydrogens is 192 g/mol. The van der Waals surface area contributed by atoms with Crippen LogP contribution in [-0.4, -0.2) is 21.4 Å². The number of aryl methyl sites for hydroxylation is 2. The number of aromatic nitrogens is 2. The van der Waals surface area contributed by atoms with E-state index in [1.54, 1.807) is 0 Å². The highest BCUT2D eigenvalue weighted by molar-refractivity contribution is 7.98. The molecule has 0 aliphatic heterocycles. The standard InChI is InChI=1S/C11H14N2S/c1-9-3-5-13-8-10(4-6-14-2)12-11(13)7-9/h3,5,7-8H,4,6H2,1-2H3. The first-order valence-electron chi connectivity index (χ1n) is 4.73. The minimum atomic E-state index is 1.06. The van der Waals surface area contributed by atoms with Gasteiger partial charge in [-0.25, -0.2) is 4.98 Å². The molecule has 0 bridgehead atoms. The van der Waals surface area contributed by atoms with Crippen molar-refractivity contribution in [2.24, 2.45) is 0 Å². The fraction of sp³-hybridized carbons (Fsp3) is 0.364. The molecule has 2 aromatic heterocycles. The maximum absolute atomic E-state index is 4.56. The number of nitrogens with zero attached hydrogens (tertiary/aromatic N) is 2. The fourth-order valence-corrected chi connectivity index (χ4v) is 1.88. The van der Waals surface area contributed by atoms with Gasteiger partial charge in [-0.2, -0.15) is 11.8 Å². The van der Waals surface area contributed by atoms with Crippen molar-refractivity contribution in [3.8, 4) is 0 Å². The largest absolute Gasteiger partial charge is 0.307 e. The maximum Gasteiger partial charge on any atom is 0.137 e. The van der Waals surface area contributed by atoms with E-state index < -0.39 is 0 Å². The molecule has 0 radical (unpaired) electrons. The molecule has 2 aromatic rings. The molecule has 0 unspecified atom stereocenters. The Labute approximate surface area is 88.4 Å². The van der Waals surface area contributed by atoms with Gasteiger partial charge >= 0.3 is 0 Å². The third-order valence-electron chi connectivity index (χ3n) is 2.23. The minimum Gasteiger partial charge on any atom is -0.307 e. The van der Waals surface area contributed by atoms with Gasteiger partial charge in [-0.15, -0.1) is 0 Å². The highest BCUT2D eigenvalue weighted by Gasteiger charge is 2.00. The van der Waals surface area contributed by atoms with Crippen molar-refractivity contribution in [2.75, 3.05) is 12.0 Å². The summed E-state index contributed by atoms with van der Waals surface area (Å²) in [5.41, 5.74) is 3.51. The van der Waals surface area contributed by atoms with Crippen molar-refractivity contribution in [2.45, 2.75) is 13.3 Å². The van der Waals surface area contributed by atoms with E-state index in [1.165, 1.54) is 11.3 Å². The summed E-state index contributed by atoms with van der Waals surface area (Å²) in [6.45, 7) is 2.09. The summed E-state index contributed by atoms with van der Waals surface area (Å²) in [5.74, 6) is 1.14. The Hall–Kier alpha value is -0.960. The molecule has 3 heteroatoms. The van der Waals surface area contributed by atoms with Crippen LogP contribution in [-0.2, 0) is 6.42 Å². The van der Waals surface area contributed by atoms with Crippen LogP contribution in [0.5, 0.6) is 0 Å². The molecule has 74 valence electrons. The van der Waals surface area contributed by atoms with Crippen LogP contribution in [0.4, 0.5) is 0 Å². The van der Waals surface area contributed by atoms with E-state index >= 15 is 0 Å². The third-order valence-corrected chi connectivity index (χ3v) is 2.84. The summed E-state index contributed by atoms with van der Waals surface area (Å²) >= 11 is 1.86. The lowest BCUT2D eigenvalue weighted by atomic mass is 10.3. The fourth-order valence-electron chi connectivity index (χ4n) is 1.46. The minimum absolute atomic E-state index is 1.06. The quantitative estimate of drug-likeness (QED) is 0.768. The second kappa shape index (κ2) is 4.05. The van der Waals surface area contributed by atoms with E-state index in [2.05, 4.69) is 47.1 Å². The van der Waals surface area contributed by atoms with Crippen LogP contribution in [0.2, 0.25) is 0 Å². The predicted molar refractivity (Wildman–Crippen MR) is 62.0 cm³/mol. The summed E-state index contributed by atoms with van der Waals surface area (Å²) < 4.78 is 2.09. The van der Waals surface area contributed by atoms with Gasteiger partial charge in [0.15, 0.2) is 0 Å². The topological polar surface area (TPSA) is 17.3 Å². The zero-order chi connectivity index (χ0) is 9.97. The maximum atomic E-state index is 4.56. The Kier molecular flexibility index (Phi) is 2.77. The second-order valence-corrected chi connectivity index (χ2v) is 4.43. The Balaban J connectivity index is 2.32. The van der Waals surface area contributed by atoms with E-state index in [0.29, 0.717) is 0 Å². The van der Waals surface area contributed by atoms with Gasteiger partial charge in [0.1, 0.15) is 5.65 Å². The Morgan fingerprint density at radius 3 is 3.14 bits per heavy atom. The molecule has 0 atom stereocenters. The Bertz CT molecular complexity index is 434. The summed E-state index contributed by atoms with van der Waals surface area (Å²) in [6.07, 6.45) is 7.37. The van der Waals surface area contributed by atoms with Gasteiger partial charge in [0.05, 0.1) is 5.69 Å². The molecule has 2 heterocycles. The zero-order valence-corrected chi connectivity index (χ0v) is 9.34. The SMILES string of the molecule is CSCCc1cn2ccc(C)cc2n1. The van der Waals surface area contributed by atoms with E-state index in [4.69, 9.17) is 0 Å². The van der Waals surface area contributed by atoms with Crippen LogP contribution in [0.25, 0.3) is 5.65 Å². The van der Waals surface area contributed by atoms with Gasteiger partial charge in [-0.3, -0.25) is 0 Å². The number of rotatable bonds is 3. The molecule has 0 saturated heterocycles. The molecule has 0 saturated carbocycles. The zero-order valence-electron chi connectivity index (χ0n) is 8.53.